The number of allylic oxidation sites excluding steroid dienone is 6. The summed E-state index contributed by atoms with van der Waals surface area (Å²) in [6, 6.07) is 51.2. The third-order valence-corrected chi connectivity index (χ3v) is 9.93. The normalized spacial score (nSPS) is 18.0. The first-order chi connectivity index (χ1) is 22.4. The second kappa shape index (κ2) is 12.1. The summed E-state index contributed by atoms with van der Waals surface area (Å²) in [4.78, 5) is 0. The van der Waals surface area contributed by atoms with Crippen LogP contribution in [0.4, 0.5) is 0 Å². The molecule has 0 nitrogen and oxygen atoms in total. The molecule has 0 saturated heterocycles. The van der Waals surface area contributed by atoms with E-state index in [1.54, 1.807) is 0 Å². The quantitative estimate of drug-likeness (QED) is 0.190. The summed E-state index contributed by atoms with van der Waals surface area (Å²) in [5, 5.41) is 0. The van der Waals surface area contributed by atoms with Crippen LogP contribution in [-0.2, 0) is 0 Å². The van der Waals surface area contributed by atoms with Gasteiger partial charge in [-0.3, -0.25) is 0 Å². The molecule has 7 rings (SSSR count). The van der Waals surface area contributed by atoms with Gasteiger partial charge in [-0.1, -0.05) is 166 Å². The van der Waals surface area contributed by atoms with Crippen molar-refractivity contribution in [3.63, 3.8) is 0 Å². The Hall–Kier alpha value is -4.94. The zero-order chi connectivity index (χ0) is 31.8. The van der Waals surface area contributed by atoms with Gasteiger partial charge in [-0.2, -0.15) is 0 Å². The second-order valence-electron chi connectivity index (χ2n) is 13.3. The zero-order valence-corrected chi connectivity index (χ0v) is 27.6. The van der Waals surface area contributed by atoms with Crippen molar-refractivity contribution in [3.8, 4) is 11.1 Å². The van der Waals surface area contributed by atoms with Crippen LogP contribution in [0.1, 0.15) is 68.9 Å². The predicted molar refractivity (Wildman–Crippen MR) is 197 cm³/mol. The Bertz CT molecular complexity index is 2010. The standard InChI is InChI=1S/C46H42/c1-6-37(33-21-13-8-14-22-33)43-41-30-39(34-23-15-9-16-24-34)38-28-27-36(32-19-11-7-12-20-32)29-40(38)42(35-25-17-10-18-26-35)45(41)46(4,5)44(43)31(2)3/h7-30,41H,6H2,1-5H3/b43-37+. The van der Waals surface area contributed by atoms with E-state index in [0.29, 0.717) is 0 Å². The van der Waals surface area contributed by atoms with Crippen molar-refractivity contribution in [2.24, 2.45) is 11.3 Å². The monoisotopic (exact) mass is 594 g/mol. The number of hydrogen-bond acceptors (Lipinski definition) is 0. The van der Waals surface area contributed by atoms with Crippen LogP contribution in [0, 0.1) is 11.3 Å². The molecule has 1 unspecified atom stereocenters. The van der Waals surface area contributed by atoms with Gasteiger partial charge in [-0.15, -0.1) is 0 Å². The molecule has 0 heteroatoms. The molecular weight excluding hydrogens is 553 g/mol. The minimum Gasteiger partial charge on any atom is -0.0720 e. The minimum atomic E-state index is -0.193. The van der Waals surface area contributed by atoms with E-state index in [1.165, 1.54) is 78.0 Å². The first-order valence-electron chi connectivity index (χ1n) is 16.6. The molecule has 0 amide bonds. The Morgan fingerprint density at radius 3 is 1.70 bits per heavy atom. The van der Waals surface area contributed by atoms with E-state index < -0.39 is 0 Å². The highest BCUT2D eigenvalue weighted by Gasteiger charge is 2.48. The minimum absolute atomic E-state index is 0.119. The average molecular weight is 595 g/mol. The van der Waals surface area contributed by atoms with Crippen LogP contribution in [-0.4, -0.2) is 0 Å². The van der Waals surface area contributed by atoms with Crippen molar-refractivity contribution in [2.45, 2.75) is 41.0 Å². The Kier molecular flexibility index (Phi) is 7.83. The fourth-order valence-electron chi connectivity index (χ4n) is 8.20. The van der Waals surface area contributed by atoms with Crippen molar-refractivity contribution in [3.05, 3.63) is 196 Å². The van der Waals surface area contributed by atoms with Gasteiger partial charge in [0.25, 0.3) is 0 Å². The molecule has 0 heterocycles. The molecule has 5 aromatic carbocycles. The van der Waals surface area contributed by atoms with Crippen LogP contribution in [0.5, 0.6) is 0 Å². The lowest BCUT2D eigenvalue weighted by atomic mass is 9.75. The maximum atomic E-state index is 2.60. The average Bonchev–Trinajstić information content (AvgIpc) is 3.21. The molecular formula is C46H42. The SMILES string of the molecule is CC/C(=C1\C(=C(C)C)C(C)(C)C2=C(c3ccccc3)c3cc(-c4ccccc4)ccc3C(c3ccccc3)=CC21)c1ccccc1. The van der Waals surface area contributed by atoms with Crippen molar-refractivity contribution in [1.82, 2.24) is 0 Å². The van der Waals surface area contributed by atoms with E-state index in [0.717, 1.165) is 6.42 Å². The first-order valence-corrected chi connectivity index (χ1v) is 16.6. The molecule has 1 atom stereocenters. The van der Waals surface area contributed by atoms with Gasteiger partial charge in [-0.05, 0) is 98.7 Å². The molecule has 5 aromatic rings. The second-order valence-corrected chi connectivity index (χ2v) is 13.3. The summed E-state index contributed by atoms with van der Waals surface area (Å²) in [7, 11) is 0. The third-order valence-electron chi connectivity index (χ3n) is 9.93. The Labute approximate surface area is 275 Å². The van der Waals surface area contributed by atoms with Crippen molar-refractivity contribution < 1.29 is 0 Å². The van der Waals surface area contributed by atoms with Crippen LogP contribution in [0.2, 0.25) is 0 Å². The molecule has 0 bridgehead atoms. The first kappa shape index (κ1) is 29.8. The summed E-state index contributed by atoms with van der Waals surface area (Å²) in [6.07, 6.45) is 3.57. The maximum Gasteiger partial charge on any atom is 0.0261 e. The Balaban J connectivity index is 1.67. The third kappa shape index (κ3) is 5.03. The highest BCUT2D eigenvalue weighted by molar-refractivity contribution is 5.99. The number of fused-ring (bicyclic) bond motifs is 2. The van der Waals surface area contributed by atoms with Gasteiger partial charge in [0.1, 0.15) is 0 Å². The van der Waals surface area contributed by atoms with Crippen LogP contribution in [0.3, 0.4) is 0 Å². The molecule has 2 aliphatic rings. The van der Waals surface area contributed by atoms with Gasteiger partial charge in [0, 0.05) is 11.3 Å². The largest absolute Gasteiger partial charge is 0.0720 e. The van der Waals surface area contributed by atoms with Gasteiger partial charge in [-0.25, -0.2) is 0 Å². The zero-order valence-electron chi connectivity index (χ0n) is 27.6. The fraction of sp³-hybridized carbons (Fsp3) is 0.174. The predicted octanol–water partition coefficient (Wildman–Crippen LogP) is 12.5. The molecule has 1 saturated carbocycles. The van der Waals surface area contributed by atoms with Crippen LogP contribution >= 0.6 is 0 Å². The molecule has 46 heavy (non-hydrogen) atoms. The highest BCUT2D eigenvalue weighted by Crippen LogP contribution is 2.62. The number of benzene rings is 5. The topological polar surface area (TPSA) is 0 Å². The number of hydrogen-bond donors (Lipinski definition) is 0. The van der Waals surface area contributed by atoms with E-state index in [9.17, 15) is 0 Å². The molecule has 0 N–H and O–H groups in total. The maximum absolute atomic E-state index is 2.60. The molecule has 226 valence electrons. The summed E-state index contributed by atoms with van der Waals surface area (Å²) in [5.41, 5.74) is 18.7. The molecule has 1 fully saturated rings. The van der Waals surface area contributed by atoms with Crippen molar-refractivity contribution >= 4 is 16.7 Å². The lowest BCUT2D eigenvalue weighted by molar-refractivity contribution is 0.561. The summed E-state index contributed by atoms with van der Waals surface area (Å²) in [6.45, 7) is 11.9. The van der Waals surface area contributed by atoms with Gasteiger partial charge in [0.2, 0.25) is 0 Å². The molecule has 0 aliphatic heterocycles. The van der Waals surface area contributed by atoms with Crippen LogP contribution in [0.25, 0.3) is 27.8 Å². The van der Waals surface area contributed by atoms with Crippen LogP contribution < -0.4 is 0 Å². The molecule has 2 aliphatic carbocycles. The van der Waals surface area contributed by atoms with E-state index in [2.05, 4.69) is 180 Å². The molecule has 0 radical (unpaired) electrons. The van der Waals surface area contributed by atoms with Crippen molar-refractivity contribution in [2.75, 3.05) is 0 Å². The van der Waals surface area contributed by atoms with E-state index in [4.69, 9.17) is 0 Å². The van der Waals surface area contributed by atoms with Gasteiger partial charge >= 0.3 is 0 Å². The molecule has 0 aromatic heterocycles. The van der Waals surface area contributed by atoms with E-state index in [-0.39, 0.29) is 11.3 Å². The highest BCUT2D eigenvalue weighted by atomic mass is 14.5. The molecule has 0 spiro atoms. The van der Waals surface area contributed by atoms with E-state index >= 15 is 0 Å². The Morgan fingerprint density at radius 1 is 0.587 bits per heavy atom. The van der Waals surface area contributed by atoms with Crippen LogP contribution in [0.15, 0.2) is 168 Å². The van der Waals surface area contributed by atoms with Gasteiger partial charge < -0.3 is 0 Å². The lowest BCUT2D eigenvalue weighted by Crippen LogP contribution is -2.15. The Morgan fingerprint density at radius 2 is 1.13 bits per heavy atom. The smallest absolute Gasteiger partial charge is 0.0261 e. The van der Waals surface area contributed by atoms with Crippen molar-refractivity contribution in [1.29, 1.82) is 0 Å². The summed E-state index contributed by atoms with van der Waals surface area (Å²) >= 11 is 0. The van der Waals surface area contributed by atoms with Gasteiger partial charge in [0.15, 0.2) is 0 Å². The number of rotatable bonds is 5. The summed E-state index contributed by atoms with van der Waals surface area (Å²) in [5.74, 6) is 0.119. The summed E-state index contributed by atoms with van der Waals surface area (Å²) < 4.78 is 0. The lowest BCUT2D eigenvalue weighted by Gasteiger charge is -2.28. The van der Waals surface area contributed by atoms with Gasteiger partial charge in [0.05, 0.1) is 0 Å². The fourth-order valence-corrected chi connectivity index (χ4v) is 8.20. The van der Waals surface area contributed by atoms with E-state index in [1.807, 2.05) is 0 Å².